The molecule has 0 fully saturated rings. The molecule has 1 aromatic heterocycles. The van der Waals surface area contributed by atoms with E-state index in [9.17, 15) is 22.8 Å². The Kier molecular flexibility index (Phi) is 6.59. The number of rotatable bonds is 5. The lowest BCUT2D eigenvalue weighted by atomic mass is 10.2. The summed E-state index contributed by atoms with van der Waals surface area (Å²) >= 11 is 12.4. The van der Waals surface area contributed by atoms with Crippen LogP contribution in [0.1, 0.15) is 11.3 Å². The number of hydrogen-bond acceptors (Lipinski definition) is 4. The standard InChI is InChI=1S/C15H12Cl2F3N3O2S/c1-23(6-8-2-3-9(16)10(17)4-8)13(25)7-26-14-21-11(15(18,19)20)5-12(24)22-14/h2-5H,6-7H2,1H3,(H,21,22,24). The van der Waals surface area contributed by atoms with Gasteiger partial charge in [-0.15, -0.1) is 0 Å². The van der Waals surface area contributed by atoms with E-state index >= 15 is 0 Å². The first-order valence-corrected chi connectivity index (χ1v) is 8.79. The average molecular weight is 426 g/mol. The molecule has 1 amide bonds. The van der Waals surface area contributed by atoms with Crippen LogP contribution in [0.25, 0.3) is 0 Å². The van der Waals surface area contributed by atoms with E-state index in [0.717, 1.165) is 5.56 Å². The summed E-state index contributed by atoms with van der Waals surface area (Å²) in [4.78, 5) is 30.3. The van der Waals surface area contributed by atoms with Crippen LogP contribution in [0.5, 0.6) is 0 Å². The summed E-state index contributed by atoms with van der Waals surface area (Å²) < 4.78 is 38.0. The molecule has 0 radical (unpaired) electrons. The van der Waals surface area contributed by atoms with Gasteiger partial charge in [-0.3, -0.25) is 9.59 Å². The zero-order valence-corrected chi connectivity index (χ0v) is 15.6. The van der Waals surface area contributed by atoms with Crippen LogP contribution in [0.15, 0.2) is 34.2 Å². The molecule has 0 atom stereocenters. The molecular formula is C15H12Cl2F3N3O2S. The molecule has 0 aliphatic carbocycles. The molecule has 1 aromatic carbocycles. The largest absolute Gasteiger partial charge is 0.433 e. The molecule has 1 N–H and O–H groups in total. The number of carbonyl (C=O) groups is 1. The molecule has 11 heteroatoms. The van der Waals surface area contributed by atoms with Gasteiger partial charge < -0.3 is 9.88 Å². The summed E-state index contributed by atoms with van der Waals surface area (Å²) in [5.41, 5.74) is -1.50. The van der Waals surface area contributed by atoms with Crippen LogP contribution in [0, 0.1) is 0 Å². The number of aromatic nitrogens is 2. The lowest BCUT2D eigenvalue weighted by Crippen LogP contribution is -2.28. The zero-order chi connectivity index (χ0) is 19.5. The van der Waals surface area contributed by atoms with E-state index in [4.69, 9.17) is 23.2 Å². The highest BCUT2D eigenvalue weighted by Gasteiger charge is 2.33. The number of alkyl halides is 3. The minimum Gasteiger partial charge on any atom is -0.341 e. The summed E-state index contributed by atoms with van der Waals surface area (Å²) in [5, 5.41) is 0.464. The number of hydrogen-bond donors (Lipinski definition) is 1. The van der Waals surface area contributed by atoms with Gasteiger partial charge in [0.25, 0.3) is 5.56 Å². The molecule has 0 aliphatic rings. The van der Waals surface area contributed by atoms with E-state index in [0.29, 0.717) is 27.9 Å². The highest BCUT2D eigenvalue weighted by molar-refractivity contribution is 7.99. The van der Waals surface area contributed by atoms with Crippen molar-refractivity contribution in [2.45, 2.75) is 17.9 Å². The Morgan fingerprint density at radius 1 is 1.27 bits per heavy atom. The van der Waals surface area contributed by atoms with Crippen molar-refractivity contribution in [1.82, 2.24) is 14.9 Å². The van der Waals surface area contributed by atoms with Gasteiger partial charge in [0.1, 0.15) is 0 Å². The second kappa shape index (κ2) is 8.32. The van der Waals surface area contributed by atoms with Crippen molar-refractivity contribution in [3.05, 3.63) is 55.9 Å². The van der Waals surface area contributed by atoms with E-state index in [2.05, 4.69) is 9.97 Å². The maximum Gasteiger partial charge on any atom is 0.433 e. The number of aromatic amines is 1. The number of halogens is 5. The molecule has 0 saturated heterocycles. The molecule has 26 heavy (non-hydrogen) atoms. The third kappa shape index (κ3) is 5.65. The van der Waals surface area contributed by atoms with Crippen molar-refractivity contribution in [2.75, 3.05) is 12.8 Å². The Bertz CT molecular complexity index is 874. The van der Waals surface area contributed by atoms with Crippen LogP contribution < -0.4 is 5.56 Å². The van der Waals surface area contributed by atoms with E-state index in [1.54, 1.807) is 18.2 Å². The van der Waals surface area contributed by atoms with Gasteiger partial charge in [0.05, 0.1) is 15.8 Å². The number of carbonyl (C=O) groups excluding carboxylic acids is 1. The SMILES string of the molecule is CN(Cc1ccc(Cl)c(Cl)c1)C(=O)CSc1nc(C(F)(F)F)cc(=O)[nH]1. The third-order valence-corrected chi connectivity index (χ3v) is 4.77. The van der Waals surface area contributed by atoms with Gasteiger partial charge >= 0.3 is 6.18 Å². The number of thioether (sulfide) groups is 1. The Balaban J connectivity index is 2.00. The quantitative estimate of drug-likeness (QED) is 0.583. The number of amides is 1. The maximum atomic E-state index is 12.7. The summed E-state index contributed by atoms with van der Waals surface area (Å²) in [6, 6.07) is 5.29. The van der Waals surface area contributed by atoms with Crippen LogP contribution in [0.4, 0.5) is 13.2 Å². The van der Waals surface area contributed by atoms with Crippen LogP contribution >= 0.6 is 35.0 Å². The fourth-order valence-corrected chi connectivity index (χ4v) is 3.03. The van der Waals surface area contributed by atoms with Crippen molar-refractivity contribution in [2.24, 2.45) is 0 Å². The topological polar surface area (TPSA) is 66.1 Å². The lowest BCUT2D eigenvalue weighted by molar-refractivity contribution is -0.141. The van der Waals surface area contributed by atoms with E-state index in [1.807, 2.05) is 0 Å². The fourth-order valence-electron chi connectivity index (χ4n) is 1.89. The van der Waals surface area contributed by atoms with Crippen molar-refractivity contribution >= 4 is 40.9 Å². The molecule has 0 spiro atoms. The summed E-state index contributed by atoms with van der Waals surface area (Å²) in [6.45, 7) is 0.239. The Labute approximate surface area is 160 Å². The first-order chi connectivity index (χ1) is 12.1. The summed E-state index contributed by atoms with van der Waals surface area (Å²) in [6.07, 6.45) is -4.74. The van der Waals surface area contributed by atoms with Gasteiger partial charge in [-0.2, -0.15) is 13.2 Å². The molecule has 1 heterocycles. The molecule has 140 valence electrons. The first-order valence-electron chi connectivity index (χ1n) is 7.05. The fraction of sp³-hybridized carbons (Fsp3) is 0.267. The highest BCUT2D eigenvalue weighted by atomic mass is 35.5. The van der Waals surface area contributed by atoms with Gasteiger partial charge in [0, 0.05) is 19.7 Å². The van der Waals surface area contributed by atoms with Gasteiger partial charge in [0.2, 0.25) is 5.91 Å². The monoisotopic (exact) mass is 425 g/mol. The average Bonchev–Trinajstić information content (AvgIpc) is 2.54. The summed E-state index contributed by atoms with van der Waals surface area (Å²) in [7, 11) is 1.54. The predicted octanol–water partition coefficient (Wildman–Crippen LogP) is 3.85. The maximum absolute atomic E-state index is 12.7. The number of nitrogens with zero attached hydrogens (tertiary/aromatic N) is 2. The number of benzene rings is 1. The summed E-state index contributed by atoms with van der Waals surface area (Å²) in [5.74, 6) is -0.552. The predicted molar refractivity (Wildman–Crippen MR) is 93.5 cm³/mol. The van der Waals surface area contributed by atoms with Crippen molar-refractivity contribution in [1.29, 1.82) is 0 Å². The molecule has 5 nitrogen and oxygen atoms in total. The third-order valence-electron chi connectivity index (χ3n) is 3.17. The van der Waals surface area contributed by atoms with Crippen LogP contribution in [0.3, 0.4) is 0 Å². The Morgan fingerprint density at radius 2 is 1.96 bits per heavy atom. The van der Waals surface area contributed by atoms with E-state index in [-0.39, 0.29) is 23.4 Å². The zero-order valence-electron chi connectivity index (χ0n) is 13.2. The van der Waals surface area contributed by atoms with Gasteiger partial charge in [0.15, 0.2) is 10.9 Å². The van der Waals surface area contributed by atoms with Gasteiger partial charge in [-0.05, 0) is 17.7 Å². The molecular weight excluding hydrogens is 414 g/mol. The van der Waals surface area contributed by atoms with Crippen LogP contribution in [-0.2, 0) is 17.5 Å². The Morgan fingerprint density at radius 3 is 2.58 bits per heavy atom. The Hall–Kier alpha value is -1.71. The van der Waals surface area contributed by atoms with Crippen molar-refractivity contribution in [3.63, 3.8) is 0 Å². The minimum absolute atomic E-state index is 0.192. The lowest BCUT2D eigenvalue weighted by Gasteiger charge is -2.17. The molecule has 2 rings (SSSR count). The van der Waals surface area contributed by atoms with Gasteiger partial charge in [-0.25, -0.2) is 4.98 Å². The second-order valence-corrected chi connectivity index (χ2v) is 7.00. The van der Waals surface area contributed by atoms with Crippen LogP contribution in [-0.4, -0.2) is 33.6 Å². The molecule has 0 aliphatic heterocycles. The number of H-pyrrole nitrogens is 1. The number of nitrogens with one attached hydrogen (secondary N) is 1. The first kappa shape index (κ1) is 20.6. The molecule has 0 bridgehead atoms. The van der Waals surface area contributed by atoms with E-state index in [1.165, 1.54) is 11.9 Å². The normalized spacial score (nSPS) is 11.5. The van der Waals surface area contributed by atoms with Crippen molar-refractivity contribution in [3.8, 4) is 0 Å². The van der Waals surface area contributed by atoms with Crippen molar-refractivity contribution < 1.29 is 18.0 Å². The minimum atomic E-state index is -4.74. The second-order valence-electron chi connectivity index (χ2n) is 5.22. The van der Waals surface area contributed by atoms with Crippen LogP contribution in [0.2, 0.25) is 10.0 Å². The van der Waals surface area contributed by atoms with Gasteiger partial charge in [-0.1, -0.05) is 41.0 Å². The molecule has 0 saturated carbocycles. The van der Waals surface area contributed by atoms with E-state index < -0.39 is 17.4 Å². The smallest absolute Gasteiger partial charge is 0.341 e. The molecule has 2 aromatic rings. The molecule has 0 unspecified atom stereocenters. The highest BCUT2D eigenvalue weighted by Crippen LogP contribution is 2.27.